The Morgan fingerprint density at radius 3 is 1.50 bits per heavy atom. The monoisotopic (exact) mass is 530 g/mol. The Morgan fingerprint density at radius 2 is 1.50 bits per heavy atom. The molecule has 0 N–H and O–H groups in total. The van der Waals surface area contributed by atoms with Crippen LogP contribution in [0.4, 0.5) is 0 Å². The molecular formula is C2H5I3Sn. The Hall–Kier alpha value is 2.99. The van der Waals surface area contributed by atoms with E-state index >= 15 is 0 Å². The van der Waals surface area contributed by atoms with E-state index in [4.69, 9.17) is 0 Å². The molecule has 0 radical (unpaired) electrons. The Kier molecular flexibility index (Phi) is 5.86. The van der Waals surface area contributed by atoms with Crippen LogP contribution in [0.3, 0.4) is 0 Å². The summed E-state index contributed by atoms with van der Waals surface area (Å²) in [5.74, 6) is 0. The standard InChI is InChI=1S/C2H5.3HI.Sn/c1-2;;;;/h1H2,2H3;3*1H;/q;;;;+3/p-3. The molecule has 0 saturated heterocycles. The molecule has 0 aliphatic heterocycles. The fourth-order valence-electron chi connectivity index (χ4n) is 0. The van der Waals surface area contributed by atoms with Crippen molar-refractivity contribution in [3.63, 3.8) is 0 Å². The van der Waals surface area contributed by atoms with Gasteiger partial charge in [0, 0.05) is 0 Å². The molecule has 0 fully saturated rings. The van der Waals surface area contributed by atoms with Crippen LogP contribution < -0.4 is 0 Å². The van der Waals surface area contributed by atoms with E-state index in [2.05, 4.69) is 62.8 Å². The minimum atomic E-state index is -1.32. The summed E-state index contributed by atoms with van der Waals surface area (Å²) >= 11 is 7.87. The average Bonchev–Trinajstić information content (AvgIpc) is 1.35. The van der Waals surface area contributed by atoms with Gasteiger partial charge in [-0.15, -0.1) is 0 Å². The number of hydrogen-bond donors (Lipinski definition) is 0. The normalized spacial score (nSPS) is 12.0. The zero-order chi connectivity index (χ0) is 5.21. The van der Waals surface area contributed by atoms with E-state index in [9.17, 15) is 0 Å². The molecule has 0 spiro atoms. The van der Waals surface area contributed by atoms with Crippen LogP contribution >= 0.6 is 55.9 Å². The van der Waals surface area contributed by atoms with Gasteiger partial charge in [-0.3, -0.25) is 0 Å². The molecule has 0 aromatic carbocycles. The van der Waals surface area contributed by atoms with Crippen molar-refractivity contribution < 1.29 is 0 Å². The molecule has 0 bridgehead atoms. The molecule has 0 aromatic heterocycles. The van der Waals surface area contributed by atoms with Crippen molar-refractivity contribution in [3.8, 4) is 0 Å². The van der Waals surface area contributed by atoms with Gasteiger partial charge in [0.15, 0.2) is 0 Å². The summed E-state index contributed by atoms with van der Waals surface area (Å²) in [6.45, 7) is 0.958. The van der Waals surface area contributed by atoms with Crippen molar-refractivity contribution in [2.75, 3.05) is 0 Å². The molecule has 0 heterocycles. The summed E-state index contributed by atoms with van der Waals surface area (Å²) < 4.78 is 1.44. The van der Waals surface area contributed by atoms with E-state index in [0.29, 0.717) is 0 Å². The molecule has 38 valence electrons. The fourth-order valence-corrected chi connectivity index (χ4v) is 0. The molecule has 0 aromatic rings. The van der Waals surface area contributed by atoms with Gasteiger partial charge in [-0.05, 0) is 0 Å². The van der Waals surface area contributed by atoms with Gasteiger partial charge in [-0.2, -0.15) is 0 Å². The van der Waals surface area contributed by atoms with Crippen molar-refractivity contribution in [2.24, 2.45) is 0 Å². The summed E-state index contributed by atoms with van der Waals surface area (Å²) in [5, 5.41) is 0. The SMILES string of the molecule is C[CH2][Sn]([I])([I])[I]. The molecule has 4 heteroatoms. The molecule has 0 unspecified atom stereocenters. The summed E-state index contributed by atoms with van der Waals surface area (Å²) in [6.07, 6.45) is 0. The van der Waals surface area contributed by atoms with E-state index in [1.807, 2.05) is 0 Å². The molecule has 0 aliphatic rings. The Bertz CT molecular complexity index is 38.5. The Morgan fingerprint density at radius 1 is 1.33 bits per heavy atom. The Labute approximate surface area is 71.7 Å². The van der Waals surface area contributed by atoms with E-state index < -0.39 is 6.47 Å². The van der Waals surface area contributed by atoms with Crippen LogP contribution in [0.2, 0.25) is 4.44 Å². The molecule has 0 saturated carbocycles. The van der Waals surface area contributed by atoms with E-state index in [1.165, 1.54) is 4.44 Å². The molecule has 6 heavy (non-hydrogen) atoms. The summed E-state index contributed by atoms with van der Waals surface area (Å²) in [4.78, 5) is 0. The van der Waals surface area contributed by atoms with E-state index in [-0.39, 0.29) is 0 Å². The second kappa shape index (κ2) is 3.91. The maximum absolute atomic E-state index is 2.62. The van der Waals surface area contributed by atoms with Gasteiger partial charge in [0.25, 0.3) is 0 Å². The van der Waals surface area contributed by atoms with Gasteiger partial charge in [-0.1, -0.05) is 0 Å². The maximum atomic E-state index is 2.62. The summed E-state index contributed by atoms with van der Waals surface area (Å²) in [7, 11) is 0. The van der Waals surface area contributed by atoms with Crippen LogP contribution in [0.15, 0.2) is 0 Å². The second-order valence-corrected chi connectivity index (χ2v) is 85.1. The van der Waals surface area contributed by atoms with E-state index in [0.717, 1.165) is 0 Å². The van der Waals surface area contributed by atoms with Crippen LogP contribution in [-0.4, -0.2) is 6.47 Å². The second-order valence-electron chi connectivity index (χ2n) is 0.969. The number of rotatable bonds is 1. The quantitative estimate of drug-likeness (QED) is 0.362. The number of hydrogen-bond acceptors (Lipinski definition) is 0. The van der Waals surface area contributed by atoms with Crippen molar-refractivity contribution >= 4 is 62.4 Å². The van der Waals surface area contributed by atoms with Crippen LogP contribution in [-0.2, 0) is 0 Å². The van der Waals surface area contributed by atoms with Crippen LogP contribution in [0, 0.1) is 0 Å². The van der Waals surface area contributed by atoms with Gasteiger partial charge in [0.05, 0.1) is 0 Å². The van der Waals surface area contributed by atoms with Crippen LogP contribution in [0.25, 0.3) is 0 Å². The van der Waals surface area contributed by atoms with Gasteiger partial charge < -0.3 is 0 Å². The fraction of sp³-hybridized carbons (Fsp3) is 1.00. The van der Waals surface area contributed by atoms with Crippen LogP contribution in [0.5, 0.6) is 0 Å². The third kappa shape index (κ3) is 6.99. The van der Waals surface area contributed by atoms with Crippen molar-refractivity contribution in [1.82, 2.24) is 0 Å². The third-order valence-electron chi connectivity index (χ3n) is 0.401. The predicted molar refractivity (Wildman–Crippen MR) is 58.3 cm³/mol. The van der Waals surface area contributed by atoms with Crippen molar-refractivity contribution in [1.29, 1.82) is 0 Å². The molecule has 0 rings (SSSR count). The van der Waals surface area contributed by atoms with Gasteiger partial charge >= 0.3 is 73.7 Å². The number of halogens is 3. The first-order chi connectivity index (χ1) is 2.56. The molecule has 0 amide bonds. The van der Waals surface area contributed by atoms with Crippen molar-refractivity contribution in [3.05, 3.63) is 0 Å². The summed E-state index contributed by atoms with van der Waals surface area (Å²) in [5.41, 5.74) is 0. The van der Waals surface area contributed by atoms with Gasteiger partial charge in [0.2, 0.25) is 0 Å². The van der Waals surface area contributed by atoms with Gasteiger partial charge in [0.1, 0.15) is 0 Å². The Balaban J connectivity index is 3.17. The molecule has 0 aliphatic carbocycles. The third-order valence-corrected chi connectivity index (χ3v) is 18.0. The first-order valence-corrected chi connectivity index (χ1v) is 28.6. The van der Waals surface area contributed by atoms with E-state index in [1.54, 1.807) is 0 Å². The first-order valence-electron chi connectivity index (χ1n) is 1.63. The van der Waals surface area contributed by atoms with Crippen molar-refractivity contribution in [2.45, 2.75) is 11.4 Å². The topological polar surface area (TPSA) is 0 Å². The average molecular weight is 528 g/mol. The molecule has 0 nitrogen and oxygen atoms in total. The predicted octanol–water partition coefficient (Wildman–Crippen LogP) is 3.25. The van der Waals surface area contributed by atoms with Gasteiger partial charge in [-0.25, -0.2) is 0 Å². The molecule has 0 atom stereocenters. The minimum absolute atomic E-state index is 1.32. The zero-order valence-electron chi connectivity index (χ0n) is 3.34. The first kappa shape index (κ1) is 8.99. The van der Waals surface area contributed by atoms with Crippen LogP contribution in [0.1, 0.15) is 6.92 Å². The zero-order valence-corrected chi connectivity index (χ0v) is 12.7. The molecular weight excluding hydrogens is 523 g/mol. The summed E-state index contributed by atoms with van der Waals surface area (Å²) in [6, 6.07) is 0.